The smallest absolute Gasteiger partial charge is 0.410 e. The molecule has 20 heavy (non-hydrogen) atoms. The minimum Gasteiger partial charge on any atom is -0.444 e. The number of carbonyl (C=O) groups excluding carboxylic acids is 1. The van der Waals surface area contributed by atoms with Crippen molar-refractivity contribution in [1.29, 1.82) is 0 Å². The Labute approximate surface area is 124 Å². The molecule has 0 radical (unpaired) electrons. The van der Waals surface area contributed by atoms with E-state index in [4.69, 9.17) is 4.74 Å². The van der Waals surface area contributed by atoms with Gasteiger partial charge in [0.05, 0.1) is 0 Å². The Balaban J connectivity index is 0.000000956. The molecule has 0 spiro atoms. The molecule has 2 saturated heterocycles. The quantitative estimate of drug-likeness (QED) is 0.684. The van der Waals surface area contributed by atoms with E-state index in [2.05, 4.69) is 11.8 Å². The van der Waals surface area contributed by atoms with Gasteiger partial charge in [-0.2, -0.15) is 0 Å². The van der Waals surface area contributed by atoms with Crippen molar-refractivity contribution in [2.45, 2.75) is 66.0 Å². The maximum absolute atomic E-state index is 12.0. The fourth-order valence-electron chi connectivity index (χ4n) is 2.87. The summed E-state index contributed by atoms with van der Waals surface area (Å²) in [7, 11) is 0. The first-order valence-corrected chi connectivity index (χ1v) is 8.07. The molecule has 0 aromatic heterocycles. The van der Waals surface area contributed by atoms with Gasteiger partial charge in [-0.1, -0.05) is 20.8 Å². The average molecular weight is 284 g/mol. The molecular weight excluding hydrogens is 252 g/mol. The summed E-state index contributed by atoms with van der Waals surface area (Å²) in [5.74, 6) is 0.800. The molecule has 0 aliphatic carbocycles. The highest BCUT2D eigenvalue weighted by molar-refractivity contribution is 5.68. The Kier molecular flexibility index (Phi) is 6.31. The summed E-state index contributed by atoms with van der Waals surface area (Å²) in [6.07, 6.45) is 2.34. The number of hydrogen-bond acceptors (Lipinski definition) is 3. The summed E-state index contributed by atoms with van der Waals surface area (Å²) in [6, 6.07) is 0.544. The lowest BCUT2D eigenvalue weighted by atomic mass is 9.92. The predicted octanol–water partition coefficient (Wildman–Crippen LogP) is 3.36. The highest BCUT2D eigenvalue weighted by atomic mass is 16.6. The fraction of sp³-hybridized carbons (Fsp3) is 0.938. The van der Waals surface area contributed by atoms with Crippen LogP contribution in [0.2, 0.25) is 0 Å². The Morgan fingerprint density at radius 2 is 1.75 bits per heavy atom. The molecule has 2 fully saturated rings. The number of ether oxygens (including phenoxy) is 1. The van der Waals surface area contributed by atoms with Crippen LogP contribution in [0, 0.1) is 5.92 Å². The molecule has 0 aromatic rings. The number of nitrogens with zero attached hydrogens (tertiary/aromatic N) is 2. The monoisotopic (exact) mass is 284 g/mol. The van der Waals surface area contributed by atoms with Crippen molar-refractivity contribution in [3.05, 3.63) is 0 Å². The zero-order valence-electron chi connectivity index (χ0n) is 14.1. The van der Waals surface area contributed by atoms with Gasteiger partial charge < -0.3 is 9.64 Å². The third-order valence-corrected chi connectivity index (χ3v) is 3.80. The van der Waals surface area contributed by atoms with Crippen LogP contribution in [-0.2, 0) is 4.74 Å². The van der Waals surface area contributed by atoms with Crippen LogP contribution in [0.15, 0.2) is 0 Å². The first-order chi connectivity index (χ1) is 9.35. The van der Waals surface area contributed by atoms with E-state index in [1.165, 1.54) is 19.4 Å². The van der Waals surface area contributed by atoms with E-state index in [9.17, 15) is 4.79 Å². The van der Waals surface area contributed by atoms with E-state index >= 15 is 0 Å². The van der Waals surface area contributed by atoms with E-state index in [0.29, 0.717) is 6.04 Å². The van der Waals surface area contributed by atoms with Crippen LogP contribution < -0.4 is 0 Å². The molecule has 0 N–H and O–H groups in total. The maximum Gasteiger partial charge on any atom is 0.410 e. The van der Waals surface area contributed by atoms with Crippen LogP contribution in [0.4, 0.5) is 4.79 Å². The molecule has 0 bridgehead atoms. The topological polar surface area (TPSA) is 32.8 Å². The summed E-state index contributed by atoms with van der Waals surface area (Å²) in [5, 5.41) is 0. The summed E-state index contributed by atoms with van der Waals surface area (Å²) >= 11 is 0. The van der Waals surface area contributed by atoms with E-state index < -0.39 is 5.60 Å². The summed E-state index contributed by atoms with van der Waals surface area (Å²) < 4.78 is 5.45. The largest absolute Gasteiger partial charge is 0.444 e. The van der Waals surface area contributed by atoms with Gasteiger partial charge in [0.2, 0.25) is 0 Å². The zero-order chi connectivity index (χ0) is 15.3. The van der Waals surface area contributed by atoms with Crippen molar-refractivity contribution >= 4 is 6.09 Å². The molecule has 1 amide bonds. The molecule has 2 heterocycles. The molecule has 2 atom stereocenters. The molecule has 2 aliphatic heterocycles. The minimum atomic E-state index is -0.394. The standard InChI is InChI=1S/C14H26N2O2.C2H6/c1-11-5-6-12-10-16(8-7-15(12)9-11)13(17)18-14(2,3)4;1-2/h11-12H,5-10H2,1-4H3;1-2H3. The van der Waals surface area contributed by atoms with Gasteiger partial charge in [0, 0.05) is 32.2 Å². The Morgan fingerprint density at radius 3 is 2.35 bits per heavy atom. The van der Waals surface area contributed by atoms with Crippen LogP contribution in [0.3, 0.4) is 0 Å². The third kappa shape index (κ3) is 4.97. The van der Waals surface area contributed by atoms with Gasteiger partial charge in [-0.3, -0.25) is 4.90 Å². The number of fused-ring (bicyclic) bond motifs is 1. The van der Waals surface area contributed by atoms with Crippen molar-refractivity contribution in [3.8, 4) is 0 Å². The van der Waals surface area contributed by atoms with Crippen LogP contribution in [-0.4, -0.2) is 53.7 Å². The number of rotatable bonds is 0. The Hall–Kier alpha value is -0.770. The number of hydrogen-bond donors (Lipinski definition) is 0. The Morgan fingerprint density at radius 1 is 1.10 bits per heavy atom. The maximum atomic E-state index is 12.0. The second-order valence-electron chi connectivity index (χ2n) is 6.76. The lowest BCUT2D eigenvalue weighted by molar-refractivity contribution is -0.00754. The van der Waals surface area contributed by atoms with Crippen molar-refractivity contribution in [1.82, 2.24) is 9.80 Å². The molecule has 118 valence electrons. The first-order valence-electron chi connectivity index (χ1n) is 8.07. The van der Waals surface area contributed by atoms with Gasteiger partial charge in [-0.15, -0.1) is 0 Å². The summed E-state index contributed by atoms with van der Waals surface area (Å²) in [5.41, 5.74) is -0.394. The number of amides is 1. The molecule has 2 rings (SSSR count). The average Bonchev–Trinajstić information content (AvgIpc) is 2.38. The van der Waals surface area contributed by atoms with Crippen LogP contribution in [0.5, 0.6) is 0 Å². The van der Waals surface area contributed by atoms with Crippen molar-refractivity contribution in [2.75, 3.05) is 26.2 Å². The zero-order valence-corrected chi connectivity index (χ0v) is 14.1. The first kappa shape index (κ1) is 17.3. The van der Waals surface area contributed by atoms with E-state index in [1.54, 1.807) is 0 Å². The van der Waals surface area contributed by atoms with Gasteiger partial charge in [0.1, 0.15) is 5.60 Å². The molecule has 0 saturated carbocycles. The molecule has 2 aliphatic rings. The summed E-state index contributed by atoms with van der Waals surface area (Å²) in [4.78, 5) is 16.5. The van der Waals surface area contributed by atoms with Crippen molar-refractivity contribution in [3.63, 3.8) is 0 Å². The summed E-state index contributed by atoms with van der Waals surface area (Å²) in [6.45, 7) is 15.9. The predicted molar refractivity (Wildman–Crippen MR) is 82.9 cm³/mol. The second kappa shape index (κ2) is 7.30. The SMILES string of the molecule is CC.CC1CCC2CN(C(=O)OC(C)(C)C)CCN2C1. The van der Waals surface area contributed by atoms with Crippen molar-refractivity contribution in [2.24, 2.45) is 5.92 Å². The number of carbonyl (C=O) groups is 1. The van der Waals surface area contributed by atoms with Gasteiger partial charge in [-0.25, -0.2) is 4.79 Å². The third-order valence-electron chi connectivity index (χ3n) is 3.80. The highest BCUT2D eigenvalue weighted by Crippen LogP contribution is 2.25. The van der Waals surface area contributed by atoms with Gasteiger partial charge >= 0.3 is 6.09 Å². The molecular formula is C16H32N2O2. The lowest BCUT2D eigenvalue weighted by Crippen LogP contribution is -2.57. The van der Waals surface area contributed by atoms with E-state index in [0.717, 1.165) is 25.6 Å². The second-order valence-corrected chi connectivity index (χ2v) is 6.76. The van der Waals surface area contributed by atoms with Crippen LogP contribution >= 0.6 is 0 Å². The van der Waals surface area contributed by atoms with Crippen LogP contribution in [0.1, 0.15) is 54.4 Å². The van der Waals surface area contributed by atoms with Crippen LogP contribution in [0.25, 0.3) is 0 Å². The van der Waals surface area contributed by atoms with Gasteiger partial charge in [-0.05, 0) is 39.5 Å². The Bertz CT molecular complexity index is 312. The van der Waals surface area contributed by atoms with Crippen molar-refractivity contribution < 1.29 is 9.53 Å². The molecule has 0 aromatic carbocycles. The van der Waals surface area contributed by atoms with E-state index in [1.807, 2.05) is 39.5 Å². The number of piperidine rings is 1. The fourth-order valence-corrected chi connectivity index (χ4v) is 2.87. The lowest BCUT2D eigenvalue weighted by Gasteiger charge is -2.45. The number of piperazine rings is 1. The van der Waals surface area contributed by atoms with Gasteiger partial charge in [0.25, 0.3) is 0 Å². The molecule has 4 heteroatoms. The van der Waals surface area contributed by atoms with E-state index in [-0.39, 0.29) is 6.09 Å². The molecule has 4 nitrogen and oxygen atoms in total. The van der Waals surface area contributed by atoms with Gasteiger partial charge in [0.15, 0.2) is 0 Å². The normalized spacial score (nSPS) is 27.2. The highest BCUT2D eigenvalue weighted by Gasteiger charge is 2.34. The minimum absolute atomic E-state index is 0.152. The molecule has 2 unspecified atom stereocenters.